The first-order valence-corrected chi connectivity index (χ1v) is 11.6. The normalized spacial score (nSPS) is 8.00. The molecule has 0 atom stereocenters. The molecule has 0 aliphatic heterocycles. The van der Waals surface area contributed by atoms with Gasteiger partial charge in [-0.25, -0.2) is 0 Å². The van der Waals surface area contributed by atoms with E-state index in [1.54, 1.807) is 12.3 Å². The summed E-state index contributed by atoms with van der Waals surface area (Å²) in [6.45, 7) is 22.9. The standard InChI is InChI=1S/C14H32P2.3CO.CH3.Mn/c1-5-9-15(10-6-2)13-14-16(11-7-3)12-8-4;3*1-2;;/h5-14H2,1-4H3;;;;1H3;/q;;;;-1;. The van der Waals surface area contributed by atoms with Gasteiger partial charge in [-0.2, -0.15) is 0 Å². The zero-order valence-electron chi connectivity index (χ0n) is 16.1. The Hall–Kier alpha value is 0.599. The van der Waals surface area contributed by atoms with E-state index in [9.17, 15) is 0 Å². The second kappa shape index (κ2) is 43.7. The summed E-state index contributed by atoms with van der Waals surface area (Å²) in [5.74, 6) is 0. The predicted octanol–water partition coefficient (Wildman–Crippen LogP) is 5.93. The van der Waals surface area contributed by atoms with E-state index < -0.39 is 0 Å². The summed E-state index contributed by atoms with van der Waals surface area (Å²) in [5, 5.41) is 0. The van der Waals surface area contributed by atoms with Crippen LogP contribution in [0, 0.1) is 27.4 Å². The van der Waals surface area contributed by atoms with Crippen molar-refractivity contribution in [3.05, 3.63) is 27.4 Å². The van der Waals surface area contributed by atoms with Crippen molar-refractivity contribution in [3.8, 4) is 0 Å². The van der Waals surface area contributed by atoms with Crippen LogP contribution in [0.15, 0.2) is 0 Å². The van der Waals surface area contributed by atoms with Crippen LogP contribution in [0.1, 0.15) is 53.4 Å². The average molecular weight is 416 g/mol. The van der Waals surface area contributed by atoms with Gasteiger partial charge in [-0.05, 0) is 37.0 Å². The van der Waals surface area contributed by atoms with Gasteiger partial charge in [0, 0.05) is 17.1 Å². The molecular weight excluding hydrogens is 381 g/mol. The van der Waals surface area contributed by atoms with E-state index in [4.69, 9.17) is 14.0 Å². The average Bonchev–Trinajstić information content (AvgIpc) is 2.59. The Morgan fingerprint density at radius 3 is 0.792 bits per heavy atom. The third-order valence-corrected chi connectivity index (χ3v) is 9.28. The zero-order chi connectivity index (χ0) is 18.2. The molecular formula is C18H35MnO3P2-. The zero-order valence-corrected chi connectivity index (χ0v) is 19.0. The van der Waals surface area contributed by atoms with Crippen LogP contribution in [0.2, 0.25) is 0 Å². The second-order valence-corrected chi connectivity index (χ2v) is 10.0. The van der Waals surface area contributed by atoms with Gasteiger partial charge in [-0.3, -0.25) is 0 Å². The quantitative estimate of drug-likeness (QED) is 0.174. The second-order valence-electron chi connectivity index (χ2n) is 4.68. The number of hydrogen-bond donors (Lipinski definition) is 0. The van der Waals surface area contributed by atoms with Crippen LogP contribution < -0.4 is 0 Å². The van der Waals surface area contributed by atoms with Crippen LogP contribution in [0.5, 0.6) is 0 Å². The van der Waals surface area contributed by atoms with Crippen LogP contribution in [0.25, 0.3) is 0 Å². The molecule has 3 nitrogen and oxygen atoms in total. The minimum absolute atomic E-state index is 0. The van der Waals surface area contributed by atoms with E-state index >= 15 is 0 Å². The summed E-state index contributed by atoms with van der Waals surface area (Å²) in [7, 11) is 0.803. The molecule has 0 unspecified atom stereocenters. The molecule has 0 fully saturated rings. The van der Waals surface area contributed by atoms with Gasteiger partial charge in [0.2, 0.25) is 0 Å². The predicted molar refractivity (Wildman–Crippen MR) is 102 cm³/mol. The van der Waals surface area contributed by atoms with Crippen molar-refractivity contribution < 1.29 is 31.0 Å². The summed E-state index contributed by atoms with van der Waals surface area (Å²) in [6.07, 6.45) is 14.9. The molecule has 0 saturated heterocycles. The molecule has 0 amide bonds. The van der Waals surface area contributed by atoms with Crippen molar-refractivity contribution >= 4 is 15.8 Å². The molecule has 0 saturated carbocycles. The molecule has 0 spiro atoms. The van der Waals surface area contributed by atoms with Gasteiger partial charge in [0.15, 0.2) is 0 Å². The van der Waals surface area contributed by atoms with Gasteiger partial charge in [-0.1, -0.05) is 53.4 Å². The van der Waals surface area contributed by atoms with Gasteiger partial charge in [-0.15, -0.1) is 15.8 Å². The summed E-state index contributed by atoms with van der Waals surface area (Å²) in [5.41, 5.74) is 0. The molecule has 0 aromatic heterocycles. The Kier molecular flexibility index (Phi) is 72.2. The molecule has 0 aliphatic rings. The van der Waals surface area contributed by atoms with E-state index in [0.29, 0.717) is 15.8 Å². The van der Waals surface area contributed by atoms with Crippen molar-refractivity contribution in [2.24, 2.45) is 0 Å². The van der Waals surface area contributed by atoms with E-state index in [1.807, 2.05) is 0 Å². The van der Waals surface area contributed by atoms with Gasteiger partial charge < -0.3 is 7.43 Å². The van der Waals surface area contributed by atoms with Crippen molar-refractivity contribution in [1.29, 1.82) is 0 Å². The molecule has 0 bridgehead atoms. The summed E-state index contributed by atoms with van der Waals surface area (Å²) >= 11 is 0. The van der Waals surface area contributed by atoms with Crippen molar-refractivity contribution in [3.63, 3.8) is 0 Å². The van der Waals surface area contributed by atoms with E-state index in [1.165, 1.54) is 50.3 Å². The Morgan fingerprint density at radius 2 is 0.667 bits per heavy atom. The first kappa shape index (κ1) is 39.6. The third kappa shape index (κ3) is 34.0. The molecule has 0 aromatic rings. The Labute approximate surface area is 164 Å². The fourth-order valence-corrected chi connectivity index (χ4v) is 8.35. The van der Waals surface area contributed by atoms with Crippen LogP contribution in [-0.2, 0) is 31.0 Å². The number of hydrogen-bond acceptors (Lipinski definition) is 0. The number of rotatable bonds is 11. The minimum Gasteiger partial charge on any atom is -0.358 e. The summed E-state index contributed by atoms with van der Waals surface area (Å²) < 4.78 is 22.5. The van der Waals surface area contributed by atoms with E-state index in [-0.39, 0.29) is 24.5 Å². The molecule has 1 radical (unpaired) electrons. The van der Waals surface area contributed by atoms with Crippen LogP contribution in [0.3, 0.4) is 0 Å². The maximum Gasteiger partial charge on any atom is 0 e. The minimum atomic E-state index is 0. The fraction of sp³-hybridized carbons (Fsp3) is 0.778. The van der Waals surface area contributed by atoms with E-state index in [2.05, 4.69) is 47.6 Å². The van der Waals surface area contributed by atoms with Crippen LogP contribution >= 0.6 is 15.8 Å². The van der Waals surface area contributed by atoms with Gasteiger partial charge >= 0.3 is 33.9 Å². The molecule has 143 valence electrons. The third-order valence-electron chi connectivity index (χ3n) is 2.89. The monoisotopic (exact) mass is 416 g/mol. The molecule has 0 N–H and O–H groups in total. The van der Waals surface area contributed by atoms with Crippen LogP contribution in [0.4, 0.5) is 0 Å². The van der Waals surface area contributed by atoms with Gasteiger partial charge in [0.1, 0.15) is 0 Å². The van der Waals surface area contributed by atoms with Crippen molar-refractivity contribution in [1.82, 2.24) is 0 Å². The summed E-state index contributed by atoms with van der Waals surface area (Å²) in [4.78, 5) is 0. The Bertz CT molecular complexity index is 204. The molecule has 0 aliphatic carbocycles. The van der Waals surface area contributed by atoms with Gasteiger partial charge in [0.25, 0.3) is 0 Å². The summed E-state index contributed by atoms with van der Waals surface area (Å²) in [6, 6.07) is 0. The SMILES string of the molecule is CCCP(CCC)CCP(CCC)CCC.[C-]#[O+].[C-]#[O+].[C-]#[O+].[CH3-].[Mn]. The topological polar surface area (TPSA) is 59.7 Å². The van der Waals surface area contributed by atoms with Crippen molar-refractivity contribution in [2.75, 3.05) is 37.0 Å². The smallest absolute Gasteiger partial charge is 0 e. The molecule has 0 rings (SSSR count). The van der Waals surface area contributed by atoms with Gasteiger partial charge in [0.05, 0.1) is 0 Å². The first-order valence-electron chi connectivity index (χ1n) is 7.84. The molecule has 24 heavy (non-hydrogen) atoms. The van der Waals surface area contributed by atoms with E-state index in [0.717, 1.165) is 0 Å². The molecule has 0 aromatic carbocycles. The van der Waals surface area contributed by atoms with Crippen LogP contribution in [-0.4, -0.2) is 37.0 Å². The Morgan fingerprint density at radius 1 is 0.500 bits per heavy atom. The van der Waals surface area contributed by atoms with Crippen molar-refractivity contribution in [2.45, 2.75) is 53.4 Å². The maximum absolute atomic E-state index is 7.50. The first-order chi connectivity index (χ1) is 10.8. The molecule has 0 heterocycles. The largest absolute Gasteiger partial charge is 0.358 e. The maximum atomic E-state index is 7.50. The molecule has 6 heteroatoms. The Balaban J connectivity index is -0.0000000905. The fourth-order valence-electron chi connectivity index (χ4n) is 2.22.